The van der Waals surface area contributed by atoms with Gasteiger partial charge in [0.1, 0.15) is 6.10 Å². The number of aliphatic hydroxyl groups excluding tert-OH is 1. The maximum atomic E-state index is 9.91. The van der Waals surface area contributed by atoms with Crippen LogP contribution in [0, 0.1) is 11.8 Å². The normalized spacial score (nSPS) is 28.1. The van der Waals surface area contributed by atoms with Crippen molar-refractivity contribution in [3.8, 4) is 0 Å². The number of ether oxygens (including phenoxy) is 2. The summed E-state index contributed by atoms with van der Waals surface area (Å²) in [6, 6.07) is 0. The molecule has 17 heavy (non-hydrogen) atoms. The Bertz CT molecular complexity index is 216. The number of rotatable bonds is 6. The first-order valence-corrected chi connectivity index (χ1v) is 6.76. The van der Waals surface area contributed by atoms with Crippen LogP contribution in [0.2, 0.25) is 0 Å². The van der Waals surface area contributed by atoms with Gasteiger partial charge in [0.25, 0.3) is 0 Å². The summed E-state index contributed by atoms with van der Waals surface area (Å²) in [6.07, 6.45) is 4.66. The van der Waals surface area contributed by atoms with Crippen LogP contribution in [0.4, 0.5) is 0 Å². The maximum Gasteiger partial charge on any atom is 0.106 e. The lowest BCUT2D eigenvalue weighted by molar-refractivity contribution is -0.110. The molecular formula is C14H28O3. The van der Waals surface area contributed by atoms with Gasteiger partial charge in [-0.25, -0.2) is 0 Å². The van der Waals surface area contributed by atoms with E-state index in [0.717, 1.165) is 12.5 Å². The Morgan fingerprint density at radius 1 is 1.35 bits per heavy atom. The molecule has 1 aliphatic carbocycles. The quantitative estimate of drug-likeness (QED) is 0.780. The van der Waals surface area contributed by atoms with Crippen molar-refractivity contribution in [3.05, 3.63) is 0 Å². The molecule has 1 aliphatic rings. The minimum Gasteiger partial charge on any atom is -0.388 e. The minimum absolute atomic E-state index is 0.367. The van der Waals surface area contributed by atoms with E-state index in [0.29, 0.717) is 12.5 Å². The summed E-state index contributed by atoms with van der Waals surface area (Å²) in [5.41, 5.74) is -0.528. The molecule has 0 spiro atoms. The number of hydrogen-bond donors (Lipinski definition) is 1. The van der Waals surface area contributed by atoms with E-state index in [1.165, 1.54) is 25.7 Å². The highest BCUT2D eigenvalue weighted by atomic mass is 16.5. The van der Waals surface area contributed by atoms with Gasteiger partial charge in [0, 0.05) is 13.7 Å². The maximum absolute atomic E-state index is 9.91. The van der Waals surface area contributed by atoms with E-state index in [4.69, 9.17) is 9.47 Å². The highest BCUT2D eigenvalue weighted by Crippen LogP contribution is 2.28. The number of aliphatic hydroxyl groups is 1. The van der Waals surface area contributed by atoms with Crippen LogP contribution in [0.5, 0.6) is 0 Å². The van der Waals surface area contributed by atoms with E-state index >= 15 is 0 Å². The second-order valence-electron chi connectivity index (χ2n) is 6.00. The molecule has 0 aliphatic heterocycles. The zero-order valence-electron chi connectivity index (χ0n) is 11.7. The molecule has 0 saturated heterocycles. The Hall–Kier alpha value is -0.120. The van der Waals surface area contributed by atoms with Crippen LogP contribution in [0.3, 0.4) is 0 Å². The number of methoxy groups -OCH3 is 1. The first kappa shape index (κ1) is 14.9. The molecule has 102 valence electrons. The van der Waals surface area contributed by atoms with Crippen molar-refractivity contribution in [3.63, 3.8) is 0 Å². The van der Waals surface area contributed by atoms with Gasteiger partial charge in [-0.1, -0.05) is 19.8 Å². The average molecular weight is 244 g/mol. The van der Waals surface area contributed by atoms with E-state index < -0.39 is 11.7 Å². The van der Waals surface area contributed by atoms with Crippen LogP contribution in [0.1, 0.15) is 46.5 Å². The molecule has 3 heteroatoms. The second kappa shape index (κ2) is 6.72. The summed E-state index contributed by atoms with van der Waals surface area (Å²) in [5, 5.41) is 9.91. The molecule has 0 amide bonds. The van der Waals surface area contributed by atoms with Gasteiger partial charge in [0.2, 0.25) is 0 Å². The fourth-order valence-corrected chi connectivity index (χ4v) is 2.39. The first-order valence-electron chi connectivity index (χ1n) is 6.76. The van der Waals surface area contributed by atoms with Crippen LogP contribution in [-0.2, 0) is 9.47 Å². The summed E-state index contributed by atoms with van der Waals surface area (Å²) < 4.78 is 10.9. The summed E-state index contributed by atoms with van der Waals surface area (Å²) in [7, 11) is 1.62. The van der Waals surface area contributed by atoms with E-state index in [9.17, 15) is 5.11 Å². The Kier molecular flexibility index (Phi) is 5.90. The lowest BCUT2D eigenvalue weighted by Gasteiger charge is -2.30. The topological polar surface area (TPSA) is 38.7 Å². The standard InChI is InChI=1S/C14H28O3/c1-11-6-5-7-12(8-11)9-17-10-13(15)14(2,3)16-4/h11-13,15H,5-10H2,1-4H3. The molecule has 1 saturated carbocycles. The molecule has 0 aromatic heterocycles. The molecular weight excluding hydrogens is 216 g/mol. The fraction of sp³-hybridized carbons (Fsp3) is 1.00. The minimum atomic E-state index is -0.562. The van der Waals surface area contributed by atoms with Crippen molar-refractivity contribution in [1.82, 2.24) is 0 Å². The van der Waals surface area contributed by atoms with Gasteiger partial charge in [0.05, 0.1) is 12.2 Å². The second-order valence-corrected chi connectivity index (χ2v) is 6.00. The van der Waals surface area contributed by atoms with Crippen LogP contribution >= 0.6 is 0 Å². The summed E-state index contributed by atoms with van der Waals surface area (Å²) in [6.45, 7) is 7.22. The fourth-order valence-electron chi connectivity index (χ4n) is 2.39. The first-order chi connectivity index (χ1) is 7.95. The molecule has 3 atom stereocenters. The third-order valence-electron chi connectivity index (χ3n) is 4.00. The largest absolute Gasteiger partial charge is 0.388 e. The Morgan fingerprint density at radius 3 is 2.65 bits per heavy atom. The predicted octanol–water partition coefficient (Wildman–Crippen LogP) is 2.62. The molecule has 0 bridgehead atoms. The van der Waals surface area contributed by atoms with Crippen LogP contribution in [-0.4, -0.2) is 37.1 Å². The highest BCUT2D eigenvalue weighted by Gasteiger charge is 2.28. The van der Waals surface area contributed by atoms with Gasteiger partial charge in [0.15, 0.2) is 0 Å². The third kappa shape index (κ3) is 4.94. The van der Waals surface area contributed by atoms with Gasteiger partial charge >= 0.3 is 0 Å². The molecule has 3 unspecified atom stereocenters. The van der Waals surface area contributed by atoms with Gasteiger partial charge in [-0.3, -0.25) is 0 Å². The lowest BCUT2D eigenvalue weighted by atomic mass is 9.83. The van der Waals surface area contributed by atoms with Crippen molar-refractivity contribution in [1.29, 1.82) is 0 Å². The van der Waals surface area contributed by atoms with Crippen LogP contribution in [0.25, 0.3) is 0 Å². The van der Waals surface area contributed by atoms with Crippen molar-refractivity contribution in [2.75, 3.05) is 20.3 Å². The average Bonchev–Trinajstić information content (AvgIpc) is 2.29. The van der Waals surface area contributed by atoms with Gasteiger partial charge in [-0.2, -0.15) is 0 Å². The Balaban J connectivity index is 2.19. The van der Waals surface area contributed by atoms with Crippen LogP contribution < -0.4 is 0 Å². The van der Waals surface area contributed by atoms with Crippen LogP contribution in [0.15, 0.2) is 0 Å². The zero-order chi connectivity index (χ0) is 12.9. The third-order valence-corrected chi connectivity index (χ3v) is 4.00. The van der Waals surface area contributed by atoms with E-state index in [1.807, 2.05) is 13.8 Å². The summed E-state index contributed by atoms with van der Waals surface area (Å²) in [5.74, 6) is 1.51. The highest BCUT2D eigenvalue weighted by molar-refractivity contribution is 4.78. The van der Waals surface area contributed by atoms with E-state index in [2.05, 4.69) is 6.92 Å². The number of hydrogen-bond acceptors (Lipinski definition) is 3. The smallest absolute Gasteiger partial charge is 0.106 e. The SMILES string of the molecule is COC(C)(C)C(O)COCC1CCCC(C)C1. The van der Waals surface area contributed by atoms with Gasteiger partial charge in [-0.05, 0) is 38.5 Å². The monoisotopic (exact) mass is 244 g/mol. The molecule has 1 fully saturated rings. The molecule has 0 heterocycles. The van der Waals surface area contributed by atoms with Crippen molar-refractivity contribution < 1.29 is 14.6 Å². The molecule has 1 rings (SSSR count). The predicted molar refractivity (Wildman–Crippen MR) is 69.0 cm³/mol. The van der Waals surface area contributed by atoms with E-state index in [1.54, 1.807) is 7.11 Å². The molecule has 1 N–H and O–H groups in total. The van der Waals surface area contributed by atoms with Crippen molar-refractivity contribution in [2.45, 2.75) is 58.2 Å². The Labute approximate surface area is 105 Å². The summed E-state index contributed by atoms with van der Waals surface area (Å²) >= 11 is 0. The Morgan fingerprint density at radius 2 is 2.06 bits per heavy atom. The van der Waals surface area contributed by atoms with Gasteiger partial charge < -0.3 is 14.6 Å². The zero-order valence-corrected chi connectivity index (χ0v) is 11.7. The van der Waals surface area contributed by atoms with E-state index in [-0.39, 0.29) is 0 Å². The van der Waals surface area contributed by atoms with Crippen molar-refractivity contribution >= 4 is 0 Å². The lowest BCUT2D eigenvalue weighted by Crippen LogP contribution is -2.41. The summed E-state index contributed by atoms with van der Waals surface area (Å²) in [4.78, 5) is 0. The van der Waals surface area contributed by atoms with Crippen molar-refractivity contribution in [2.24, 2.45) is 11.8 Å². The molecule has 0 aromatic carbocycles. The molecule has 3 nitrogen and oxygen atoms in total. The van der Waals surface area contributed by atoms with Gasteiger partial charge in [-0.15, -0.1) is 0 Å². The molecule has 0 radical (unpaired) electrons. The molecule has 0 aromatic rings.